The minimum Gasteiger partial charge on any atom is -0.396 e. The first-order valence-corrected chi connectivity index (χ1v) is 10.0. The molecule has 4 rings (SSSR count). The number of benzene rings is 2. The highest BCUT2D eigenvalue weighted by atomic mass is 19.1. The molecule has 7 heteroatoms. The van der Waals surface area contributed by atoms with Crippen LogP contribution in [0.5, 0.6) is 0 Å². The number of piperidine rings is 1. The molecule has 0 spiro atoms. The molecule has 0 saturated carbocycles. The Kier molecular flexibility index (Phi) is 5.78. The molecule has 1 aromatic heterocycles. The average molecular weight is 426 g/mol. The van der Waals surface area contributed by atoms with E-state index in [0.29, 0.717) is 17.8 Å². The van der Waals surface area contributed by atoms with Crippen LogP contribution < -0.4 is 4.90 Å². The van der Waals surface area contributed by atoms with Gasteiger partial charge in [0.05, 0.1) is 5.69 Å². The van der Waals surface area contributed by atoms with E-state index in [1.165, 1.54) is 17.0 Å². The fraction of sp³-hybridized carbons (Fsp3) is 0.250. The summed E-state index contributed by atoms with van der Waals surface area (Å²) in [7, 11) is 0. The number of rotatable bonds is 5. The van der Waals surface area contributed by atoms with Crippen molar-refractivity contribution in [1.82, 2.24) is 4.98 Å². The predicted molar refractivity (Wildman–Crippen MR) is 111 cm³/mol. The predicted octanol–water partition coefficient (Wildman–Crippen LogP) is 4.61. The van der Waals surface area contributed by atoms with Crippen LogP contribution in [0.15, 0.2) is 60.7 Å². The van der Waals surface area contributed by atoms with Crippen molar-refractivity contribution in [2.24, 2.45) is 0 Å². The number of hydrogen-bond acceptors (Lipinski definition) is 3. The van der Waals surface area contributed by atoms with E-state index in [0.717, 1.165) is 12.1 Å². The molecule has 3 aromatic rings. The molecule has 1 amide bonds. The lowest BCUT2D eigenvalue weighted by Crippen LogP contribution is -2.47. The topological polar surface area (TPSA) is 53.4 Å². The average Bonchev–Trinajstić information content (AvgIpc) is 2.74. The van der Waals surface area contributed by atoms with Crippen molar-refractivity contribution < 1.29 is 23.1 Å². The van der Waals surface area contributed by atoms with Gasteiger partial charge in [-0.1, -0.05) is 24.3 Å². The van der Waals surface area contributed by atoms with E-state index in [1.807, 2.05) is 0 Å². The van der Waals surface area contributed by atoms with Gasteiger partial charge in [-0.2, -0.15) is 0 Å². The van der Waals surface area contributed by atoms with Crippen LogP contribution in [0.3, 0.4) is 0 Å². The number of carbonyl (C=O) groups excluding carboxylic acids is 1. The first-order valence-electron chi connectivity index (χ1n) is 10.0. The smallest absolute Gasteiger partial charge is 0.229 e. The maximum atomic E-state index is 14.5. The molecule has 2 aromatic carbocycles. The van der Waals surface area contributed by atoms with Crippen LogP contribution >= 0.6 is 0 Å². The number of aromatic nitrogens is 1. The summed E-state index contributed by atoms with van der Waals surface area (Å²) >= 11 is 0. The van der Waals surface area contributed by atoms with Gasteiger partial charge in [-0.15, -0.1) is 0 Å². The third-order valence-corrected chi connectivity index (χ3v) is 5.86. The highest BCUT2D eigenvalue weighted by Gasteiger charge is 2.42. The second-order valence-electron chi connectivity index (χ2n) is 7.71. The van der Waals surface area contributed by atoms with E-state index < -0.39 is 22.9 Å². The van der Waals surface area contributed by atoms with Gasteiger partial charge < -0.3 is 5.11 Å². The van der Waals surface area contributed by atoms with Gasteiger partial charge in [-0.05, 0) is 48.7 Å². The third-order valence-electron chi connectivity index (χ3n) is 5.86. The second kappa shape index (κ2) is 8.51. The summed E-state index contributed by atoms with van der Waals surface area (Å²) in [5, 5.41) is 9.59. The van der Waals surface area contributed by atoms with Crippen molar-refractivity contribution in [2.45, 2.75) is 24.7 Å². The molecule has 31 heavy (non-hydrogen) atoms. The summed E-state index contributed by atoms with van der Waals surface area (Å²) in [5.74, 6) is -1.73. The maximum Gasteiger partial charge on any atom is 0.229 e. The Morgan fingerprint density at radius 3 is 2.52 bits per heavy atom. The quantitative estimate of drug-likeness (QED) is 0.648. The highest BCUT2D eigenvalue weighted by Crippen LogP contribution is 2.41. The Bertz CT molecular complexity index is 1120. The Morgan fingerprint density at radius 2 is 1.81 bits per heavy atom. The van der Waals surface area contributed by atoms with Gasteiger partial charge in [0.2, 0.25) is 5.91 Å². The molecule has 160 valence electrons. The van der Waals surface area contributed by atoms with Gasteiger partial charge in [0.1, 0.15) is 23.3 Å². The molecular formula is C24H21F3N2O2. The van der Waals surface area contributed by atoms with E-state index >= 15 is 0 Å². The minimum atomic E-state index is -0.797. The van der Waals surface area contributed by atoms with Gasteiger partial charge in [-0.3, -0.25) is 9.69 Å². The van der Waals surface area contributed by atoms with Crippen LogP contribution in [-0.2, 0) is 10.2 Å². The summed E-state index contributed by atoms with van der Waals surface area (Å²) in [4.78, 5) is 19.0. The number of amides is 1. The summed E-state index contributed by atoms with van der Waals surface area (Å²) in [6.07, 6.45) is 0.726. The van der Waals surface area contributed by atoms with Gasteiger partial charge in [0.25, 0.3) is 0 Å². The monoisotopic (exact) mass is 426 g/mol. The number of anilines is 1. The Morgan fingerprint density at radius 1 is 1.00 bits per heavy atom. The molecule has 1 fully saturated rings. The van der Waals surface area contributed by atoms with Gasteiger partial charge >= 0.3 is 0 Å². The number of aliphatic hydroxyl groups excluding tert-OH is 1. The van der Waals surface area contributed by atoms with E-state index in [4.69, 9.17) is 0 Å². The van der Waals surface area contributed by atoms with Crippen LogP contribution in [0.25, 0.3) is 11.3 Å². The summed E-state index contributed by atoms with van der Waals surface area (Å²) in [6.45, 7) is 0.106. The van der Waals surface area contributed by atoms with E-state index in [-0.39, 0.29) is 43.2 Å². The largest absolute Gasteiger partial charge is 0.396 e. The zero-order chi connectivity index (χ0) is 22.0. The number of pyridine rings is 1. The van der Waals surface area contributed by atoms with Crippen LogP contribution in [0.2, 0.25) is 0 Å². The first kappa shape index (κ1) is 21.1. The fourth-order valence-corrected chi connectivity index (χ4v) is 4.27. The Hall–Kier alpha value is -3.19. The fourth-order valence-electron chi connectivity index (χ4n) is 4.27. The summed E-state index contributed by atoms with van der Waals surface area (Å²) in [6, 6.07) is 14.4. The molecule has 0 aliphatic carbocycles. The lowest BCUT2D eigenvalue weighted by atomic mass is 9.70. The van der Waals surface area contributed by atoms with Crippen molar-refractivity contribution in [2.75, 3.05) is 18.1 Å². The van der Waals surface area contributed by atoms with E-state index in [2.05, 4.69) is 4.98 Å². The van der Waals surface area contributed by atoms with Gasteiger partial charge in [0.15, 0.2) is 0 Å². The molecule has 0 unspecified atom stereocenters. The number of hydrogen-bond donors (Lipinski definition) is 1. The van der Waals surface area contributed by atoms with Crippen molar-refractivity contribution >= 4 is 11.7 Å². The molecule has 1 aliphatic rings. The molecule has 4 nitrogen and oxygen atoms in total. The first-order chi connectivity index (χ1) is 14.9. The van der Waals surface area contributed by atoms with Crippen LogP contribution in [0.1, 0.15) is 24.8 Å². The Labute approximate surface area is 178 Å². The van der Waals surface area contributed by atoms with Crippen molar-refractivity contribution in [3.8, 4) is 11.3 Å². The third kappa shape index (κ3) is 4.05. The van der Waals surface area contributed by atoms with Crippen molar-refractivity contribution in [3.63, 3.8) is 0 Å². The Balaban J connectivity index is 1.63. The van der Waals surface area contributed by atoms with E-state index in [1.54, 1.807) is 36.4 Å². The zero-order valence-electron chi connectivity index (χ0n) is 16.7. The van der Waals surface area contributed by atoms with Crippen LogP contribution in [0.4, 0.5) is 19.0 Å². The van der Waals surface area contributed by atoms with Crippen molar-refractivity contribution in [1.29, 1.82) is 0 Å². The molecule has 0 radical (unpaired) electrons. The number of aliphatic hydroxyl groups is 1. The normalized spacial score (nSPS) is 19.0. The highest BCUT2D eigenvalue weighted by molar-refractivity contribution is 5.94. The standard InChI is InChI=1S/C24H21F3N2O2/c25-16-8-9-17(20(27)14-16)21-6-3-7-22(28-21)29-12-10-24(11-13-30,15-23(29)31)18-4-1-2-5-19(18)26/h1-9,14,30H,10-13,15H2/t24-/m1/s1. The molecule has 1 aliphatic heterocycles. The molecule has 1 saturated heterocycles. The molecule has 0 bridgehead atoms. The molecule has 1 atom stereocenters. The SMILES string of the molecule is O=C1C[C@@](CCO)(c2ccccc2F)CCN1c1cccc(-c2ccc(F)cc2F)n1. The number of nitrogens with zero attached hydrogens (tertiary/aromatic N) is 2. The maximum absolute atomic E-state index is 14.5. The second-order valence-corrected chi connectivity index (χ2v) is 7.71. The van der Waals surface area contributed by atoms with Crippen molar-refractivity contribution in [3.05, 3.63) is 83.7 Å². The summed E-state index contributed by atoms with van der Waals surface area (Å²) < 4.78 is 41.9. The number of carbonyl (C=O) groups is 1. The van der Waals surface area contributed by atoms with Gasteiger partial charge in [-0.25, -0.2) is 18.2 Å². The zero-order valence-corrected chi connectivity index (χ0v) is 16.7. The molecule has 1 N–H and O–H groups in total. The summed E-state index contributed by atoms with van der Waals surface area (Å²) in [5.41, 5.74) is 0.0406. The minimum absolute atomic E-state index is 0.0192. The van der Waals surface area contributed by atoms with E-state index in [9.17, 15) is 23.1 Å². The molecular weight excluding hydrogens is 405 g/mol. The van der Waals surface area contributed by atoms with Crippen LogP contribution in [0, 0.1) is 17.5 Å². The lowest BCUT2D eigenvalue weighted by Gasteiger charge is -2.41. The van der Waals surface area contributed by atoms with Crippen LogP contribution in [-0.4, -0.2) is 29.1 Å². The van der Waals surface area contributed by atoms with Gasteiger partial charge in [0, 0.05) is 36.6 Å². The number of halogens is 3. The molecule has 2 heterocycles. The lowest BCUT2D eigenvalue weighted by molar-refractivity contribution is -0.121.